The maximum Gasteiger partial charge on any atom is 0.418 e. The summed E-state index contributed by atoms with van der Waals surface area (Å²) in [7, 11) is -4.87. The zero-order valence-corrected chi connectivity index (χ0v) is 16.9. The molecule has 0 aromatic carbocycles. The highest BCUT2D eigenvalue weighted by Gasteiger charge is 2.48. The Labute approximate surface area is 171 Å². The maximum atomic E-state index is 12.7. The summed E-state index contributed by atoms with van der Waals surface area (Å²) in [6.07, 6.45) is 0.874. The molecular weight excluding hydrogens is 428 g/mol. The number of likely N-dealkylation sites (tertiary alicyclic amines) is 1. The molecule has 29 heavy (non-hydrogen) atoms. The van der Waals surface area contributed by atoms with E-state index in [1.807, 2.05) is 17.5 Å². The topological polar surface area (TPSA) is 170 Å². The summed E-state index contributed by atoms with van der Waals surface area (Å²) in [5, 5.41) is 1.88. The third kappa shape index (κ3) is 5.63. The number of nitrogens with zero attached hydrogens (tertiary/aromatic N) is 1. The van der Waals surface area contributed by atoms with Crippen LogP contribution in [0.15, 0.2) is 17.5 Å². The van der Waals surface area contributed by atoms with Gasteiger partial charge in [0.25, 0.3) is 5.91 Å². The van der Waals surface area contributed by atoms with E-state index >= 15 is 0 Å². The lowest BCUT2D eigenvalue weighted by atomic mass is 9.73. The van der Waals surface area contributed by atoms with E-state index in [1.54, 1.807) is 5.48 Å². The second-order valence-electron chi connectivity index (χ2n) is 6.97. The molecule has 2 aliphatic rings. The summed E-state index contributed by atoms with van der Waals surface area (Å²) in [6, 6.07) is 1.36. The molecule has 3 amide bonds. The summed E-state index contributed by atoms with van der Waals surface area (Å²) in [6.45, 7) is 1.14. The Kier molecular flexibility index (Phi) is 6.72. The monoisotopic (exact) mass is 450 g/mol. The van der Waals surface area contributed by atoms with Gasteiger partial charge >= 0.3 is 16.4 Å². The second-order valence-corrected chi connectivity index (χ2v) is 8.98. The Morgan fingerprint density at radius 3 is 2.79 bits per heavy atom. The van der Waals surface area contributed by atoms with Crippen molar-refractivity contribution in [1.82, 2.24) is 15.9 Å². The van der Waals surface area contributed by atoms with Crippen molar-refractivity contribution in [3.8, 4) is 0 Å². The fraction of sp³-hybridized carbons (Fsp3) is 0.600. The molecule has 1 aromatic rings. The van der Waals surface area contributed by atoms with Crippen LogP contribution in [-0.4, -0.2) is 62.2 Å². The van der Waals surface area contributed by atoms with Crippen LogP contribution >= 0.6 is 11.3 Å². The van der Waals surface area contributed by atoms with Crippen LogP contribution in [0.3, 0.4) is 0 Å². The van der Waals surface area contributed by atoms with Crippen LogP contribution in [0.2, 0.25) is 0 Å². The van der Waals surface area contributed by atoms with Crippen molar-refractivity contribution in [1.29, 1.82) is 0 Å². The summed E-state index contributed by atoms with van der Waals surface area (Å²) in [5.74, 6) is -0.587. The van der Waals surface area contributed by atoms with Gasteiger partial charge in [-0.1, -0.05) is 6.07 Å². The van der Waals surface area contributed by atoms with Gasteiger partial charge in [0.1, 0.15) is 6.04 Å². The molecule has 162 valence electrons. The lowest BCUT2D eigenvalue weighted by Gasteiger charge is -2.49. The van der Waals surface area contributed by atoms with E-state index in [0.717, 1.165) is 9.78 Å². The second kappa shape index (κ2) is 8.91. The average molecular weight is 450 g/mol. The van der Waals surface area contributed by atoms with Gasteiger partial charge in [-0.2, -0.15) is 13.9 Å². The van der Waals surface area contributed by atoms with E-state index < -0.39 is 34.4 Å². The average Bonchev–Trinajstić information content (AvgIpc) is 3.18. The fourth-order valence-corrected chi connectivity index (χ4v) is 4.16. The first-order valence-electron chi connectivity index (χ1n) is 8.70. The highest BCUT2D eigenvalue weighted by molar-refractivity contribution is 7.80. The minimum absolute atomic E-state index is 0.0330. The number of ether oxygens (including phenoxy) is 1. The number of nitrogens with two attached hydrogens (primary N) is 1. The number of urea groups is 1. The van der Waals surface area contributed by atoms with E-state index in [4.69, 9.17) is 19.9 Å². The van der Waals surface area contributed by atoms with Crippen molar-refractivity contribution in [2.24, 2.45) is 11.1 Å². The minimum Gasteiger partial charge on any atom is -0.380 e. The van der Waals surface area contributed by atoms with Crippen molar-refractivity contribution in [3.05, 3.63) is 22.4 Å². The van der Waals surface area contributed by atoms with Gasteiger partial charge in [0.05, 0.1) is 25.9 Å². The number of hydrogen-bond donors (Lipinski definition) is 4. The lowest BCUT2D eigenvalue weighted by molar-refractivity contribution is -0.162. The van der Waals surface area contributed by atoms with Gasteiger partial charge < -0.3 is 15.4 Å². The van der Waals surface area contributed by atoms with E-state index in [9.17, 15) is 18.0 Å². The van der Waals surface area contributed by atoms with Gasteiger partial charge in [-0.3, -0.25) is 14.2 Å². The SMILES string of the molecule is NC(CONC(=O)[C@@H]1CC2(CCN1C(=O)NOS(=O)(=O)O)COC2)c1cccs1. The van der Waals surface area contributed by atoms with Crippen LogP contribution in [0.25, 0.3) is 0 Å². The number of nitrogens with one attached hydrogen (secondary N) is 2. The molecule has 2 saturated heterocycles. The van der Waals surface area contributed by atoms with Crippen molar-refractivity contribution in [2.45, 2.75) is 24.9 Å². The van der Waals surface area contributed by atoms with Crippen LogP contribution < -0.4 is 16.7 Å². The largest absolute Gasteiger partial charge is 0.418 e. The lowest BCUT2D eigenvalue weighted by Crippen LogP contribution is -2.62. The zero-order chi connectivity index (χ0) is 21.1. The first-order valence-corrected chi connectivity index (χ1v) is 10.9. The van der Waals surface area contributed by atoms with Crippen molar-refractivity contribution >= 4 is 33.7 Å². The van der Waals surface area contributed by atoms with Crippen LogP contribution in [-0.2, 0) is 29.1 Å². The van der Waals surface area contributed by atoms with Crippen molar-refractivity contribution in [3.63, 3.8) is 0 Å². The number of rotatable bonds is 7. The number of thiophene rings is 1. The number of hydrogen-bond acceptors (Lipinski definition) is 9. The van der Waals surface area contributed by atoms with E-state index in [2.05, 4.69) is 9.76 Å². The Morgan fingerprint density at radius 1 is 1.45 bits per heavy atom. The fourth-order valence-electron chi connectivity index (χ4n) is 3.27. The smallest absolute Gasteiger partial charge is 0.380 e. The number of carbonyl (C=O) groups is 2. The first kappa shape index (κ1) is 21.9. The quantitative estimate of drug-likeness (QED) is 0.322. The highest BCUT2D eigenvalue weighted by atomic mass is 32.3. The molecular formula is C15H22N4O8S2. The van der Waals surface area contributed by atoms with Crippen molar-refractivity contribution in [2.75, 3.05) is 26.4 Å². The predicted molar refractivity (Wildman–Crippen MR) is 99.5 cm³/mol. The van der Waals surface area contributed by atoms with Gasteiger partial charge in [-0.05, 0) is 24.3 Å². The molecule has 1 aromatic heterocycles. The molecule has 1 spiro atoms. The summed E-state index contributed by atoms with van der Waals surface area (Å²) in [4.78, 5) is 32.2. The number of piperidine rings is 1. The molecule has 14 heteroatoms. The predicted octanol–water partition coefficient (Wildman–Crippen LogP) is -0.279. The molecule has 5 N–H and O–H groups in total. The third-order valence-electron chi connectivity index (χ3n) is 4.84. The first-order chi connectivity index (χ1) is 13.7. The van der Waals surface area contributed by atoms with Crippen LogP contribution in [0, 0.1) is 5.41 Å². The Bertz CT molecular complexity index is 827. The van der Waals surface area contributed by atoms with Crippen LogP contribution in [0.5, 0.6) is 0 Å². The Balaban J connectivity index is 1.59. The highest BCUT2D eigenvalue weighted by Crippen LogP contribution is 2.41. The van der Waals surface area contributed by atoms with Crippen LogP contribution in [0.4, 0.5) is 4.79 Å². The van der Waals surface area contributed by atoms with Gasteiger partial charge in [0.2, 0.25) is 0 Å². The van der Waals surface area contributed by atoms with E-state index in [0.29, 0.717) is 26.1 Å². The van der Waals surface area contributed by atoms with E-state index in [-0.39, 0.29) is 18.6 Å². The molecule has 0 bridgehead atoms. The zero-order valence-electron chi connectivity index (χ0n) is 15.3. The molecule has 0 saturated carbocycles. The van der Waals surface area contributed by atoms with Gasteiger partial charge in [0, 0.05) is 16.8 Å². The van der Waals surface area contributed by atoms with Gasteiger partial charge in [0.15, 0.2) is 0 Å². The maximum absolute atomic E-state index is 12.7. The Morgan fingerprint density at radius 2 is 2.21 bits per heavy atom. The molecule has 0 radical (unpaired) electrons. The normalized spacial score (nSPS) is 22.0. The van der Waals surface area contributed by atoms with Crippen molar-refractivity contribution < 1.29 is 36.4 Å². The molecule has 2 aliphatic heterocycles. The van der Waals surface area contributed by atoms with Crippen LogP contribution in [0.1, 0.15) is 23.8 Å². The molecule has 2 atom stereocenters. The van der Waals surface area contributed by atoms with E-state index in [1.165, 1.54) is 11.3 Å². The molecule has 3 rings (SSSR count). The van der Waals surface area contributed by atoms with Gasteiger partial charge in [-0.15, -0.1) is 15.6 Å². The molecule has 1 unspecified atom stereocenters. The third-order valence-corrected chi connectivity index (χ3v) is 6.14. The molecule has 2 fully saturated rings. The molecule has 3 heterocycles. The summed E-state index contributed by atoms with van der Waals surface area (Å²) < 4.78 is 39.1. The van der Waals surface area contributed by atoms with Gasteiger partial charge in [-0.25, -0.2) is 10.3 Å². The molecule has 12 nitrogen and oxygen atoms in total. The number of hydroxylamine groups is 2. The number of amides is 3. The number of carbonyl (C=O) groups excluding carboxylic acids is 2. The summed E-state index contributed by atoms with van der Waals surface area (Å²) in [5.41, 5.74) is 9.67. The molecule has 0 aliphatic carbocycles. The summed E-state index contributed by atoms with van der Waals surface area (Å²) >= 11 is 1.46. The Hall–Kier alpha value is -1.81. The minimum atomic E-state index is -4.87. The standard InChI is InChI=1S/C15H22N4O8S2/c16-10(12-2-1-5-28-12)7-26-17-13(20)11-6-15(8-25-9-15)3-4-19(11)14(21)18-27-29(22,23)24/h1-2,5,10-11H,3-4,6-9,16H2,(H,17,20)(H,18,21)(H,22,23,24)/t10?,11-/m0/s1.